The van der Waals surface area contributed by atoms with Gasteiger partial charge in [-0.15, -0.1) is 0 Å². The maximum absolute atomic E-state index is 11.2. The van der Waals surface area contributed by atoms with Gasteiger partial charge in [0.15, 0.2) is 0 Å². The van der Waals surface area contributed by atoms with E-state index < -0.39 is 10.9 Å². The maximum atomic E-state index is 11.2. The van der Waals surface area contributed by atoms with E-state index in [0.717, 1.165) is 0 Å². The Labute approximate surface area is 113 Å². The lowest BCUT2D eigenvalue weighted by molar-refractivity contribution is -0.384. The second kappa shape index (κ2) is 5.07. The number of carboxylic acid groups (broad SMARTS) is 1. The molecule has 0 aliphatic heterocycles. The zero-order chi connectivity index (χ0) is 14.0. The van der Waals surface area contributed by atoms with Crippen LogP contribution in [0.1, 0.15) is 10.4 Å². The second-order valence-electron chi connectivity index (χ2n) is 3.77. The number of aromatic carboxylic acids is 1. The fourth-order valence-electron chi connectivity index (χ4n) is 1.82. The van der Waals surface area contributed by atoms with E-state index in [9.17, 15) is 14.9 Å². The molecular formula is C13H8ClNO4. The summed E-state index contributed by atoms with van der Waals surface area (Å²) >= 11 is 5.84. The zero-order valence-corrected chi connectivity index (χ0v) is 10.3. The molecule has 0 saturated carbocycles. The lowest BCUT2D eigenvalue weighted by Crippen LogP contribution is -2.02. The molecule has 0 aliphatic carbocycles. The Morgan fingerprint density at radius 2 is 1.89 bits per heavy atom. The fraction of sp³-hybridized carbons (Fsp3) is 0. The van der Waals surface area contributed by atoms with Crippen LogP contribution in [-0.4, -0.2) is 16.0 Å². The molecule has 5 nitrogen and oxygen atoms in total. The highest BCUT2D eigenvalue weighted by molar-refractivity contribution is 6.30. The van der Waals surface area contributed by atoms with Gasteiger partial charge in [-0.25, -0.2) is 4.79 Å². The molecule has 1 N–H and O–H groups in total. The van der Waals surface area contributed by atoms with Crippen LogP contribution in [0, 0.1) is 10.1 Å². The van der Waals surface area contributed by atoms with Crippen LogP contribution in [0.3, 0.4) is 0 Å². The van der Waals surface area contributed by atoms with Gasteiger partial charge in [0.2, 0.25) is 0 Å². The number of hydrogen-bond acceptors (Lipinski definition) is 3. The van der Waals surface area contributed by atoms with Crippen LogP contribution in [0.15, 0.2) is 42.5 Å². The molecule has 2 rings (SSSR count). The summed E-state index contributed by atoms with van der Waals surface area (Å²) in [6.07, 6.45) is 0. The first-order valence-corrected chi connectivity index (χ1v) is 5.65. The predicted molar refractivity (Wildman–Crippen MR) is 70.5 cm³/mol. The Morgan fingerprint density at radius 3 is 2.47 bits per heavy atom. The summed E-state index contributed by atoms with van der Waals surface area (Å²) in [7, 11) is 0. The Bertz CT molecular complexity index is 637. The number of nitro benzene ring substituents is 1. The van der Waals surface area contributed by atoms with E-state index in [2.05, 4.69) is 0 Å². The van der Waals surface area contributed by atoms with Crippen LogP contribution in [0.2, 0.25) is 5.02 Å². The van der Waals surface area contributed by atoms with E-state index in [0.29, 0.717) is 10.6 Å². The summed E-state index contributed by atoms with van der Waals surface area (Å²) in [5.74, 6) is -1.22. The minimum absolute atomic E-state index is 0.0579. The van der Waals surface area contributed by atoms with Gasteiger partial charge in [0.05, 0.1) is 16.1 Å². The van der Waals surface area contributed by atoms with E-state index in [-0.39, 0.29) is 16.8 Å². The number of rotatable bonds is 3. The van der Waals surface area contributed by atoms with Crippen molar-refractivity contribution >= 4 is 23.3 Å². The molecule has 0 unspecified atom stereocenters. The van der Waals surface area contributed by atoms with E-state index in [1.165, 1.54) is 24.3 Å². The smallest absolute Gasteiger partial charge is 0.336 e. The third-order valence-electron chi connectivity index (χ3n) is 2.58. The summed E-state index contributed by atoms with van der Waals surface area (Å²) in [5.41, 5.74) is 0.0679. The van der Waals surface area contributed by atoms with Crippen LogP contribution < -0.4 is 0 Å². The number of hydrogen-bond donors (Lipinski definition) is 1. The van der Waals surface area contributed by atoms with Crippen LogP contribution in [0.25, 0.3) is 11.1 Å². The highest BCUT2D eigenvalue weighted by Crippen LogP contribution is 2.34. The lowest BCUT2D eigenvalue weighted by Gasteiger charge is -2.07. The summed E-state index contributed by atoms with van der Waals surface area (Å²) in [6.45, 7) is 0. The molecule has 96 valence electrons. The van der Waals surface area contributed by atoms with Crippen molar-refractivity contribution in [3.05, 3.63) is 63.2 Å². The van der Waals surface area contributed by atoms with E-state index in [1.54, 1.807) is 18.2 Å². The van der Waals surface area contributed by atoms with E-state index >= 15 is 0 Å². The molecule has 0 amide bonds. The quantitative estimate of drug-likeness (QED) is 0.686. The third kappa shape index (κ3) is 2.56. The van der Waals surface area contributed by atoms with Gasteiger partial charge in [0.25, 0.3) is 5.69 Å². The van der Waals surface area contributed by atoms with Gasteiger partial charge < -0.3 is 5.11 Å². The highest BCUT2D eigenvalue weighted by atomic mass is 35.5. The molecule has 0 fully saturated rings. The van der Waals surface area contributed by atoms with Crippen molar-refractivity contribution in [2.75, 3.05) is 0 Å². The summed E-state index contributed by atoms with van der Waals surface area (Å²) in [4.78, 5) is 21.6. The van der Waals surface area contributed by atoms with Crippen molar-refractivity contribution in [1.82, 2.24) is 0 Å². The van der Waals surface area contributed by atoms with Gasteiger partial charge in [-0.1, -0.05) is 29.8 Å². The van der Waals surface area contributed by atoms with Crippen molar-refractivity contribution < 1.29 is 14.8 Å². The van der Waals surface area contributed by atoms with E-state index in [1.807, 2.05) is 0 Å². The third-order valence-corrected chi connectivity index (χ3v) is 2.82. The van der Waals surface area contributed by atoms with Crippen molar-refractivity contribution in [2.24, 2.45) is 0 Å². The molecule has 0 aromatic heterocycles. The molecule has 0 atom stereocenters. The molecule has 0 saturated heterocycles. The first kappa shape index (κ1) is 13.0. The fourth-order valence-corrected chi connectivity index (χ4v) is 2.01. The van der Waals surface area contributed by atoms with Crippen LogP contribution in [0.4, 0.5) is 5.69 Å². The molecule has 6 heteroatoms. The average Bonchev–Trinajstić information content (AvgIpc) is 2.37. The Morgan fingerprint density at radius 1 is 1.21 bits per heavy atom. The topological polar surface area (TPSA) is 80.4 Å². The van der Waals surface area contributed by atoms with Gasteiger partial charge in [0.1, 0.15) is 0 Å². The summed E-state index contributed by atoms with van der Waals surface area (Å²) in [5, 5.41) is 20.6. The molecular weight excluding hydrogens is 270 g/mol. The van der Waals surface area contributed by atoms with E-state index in [4.69, 9.17) is 16.7 Å². The number of benzene rings is 2. The monoisotopic (exact) mass is 277 g/mol. The first-order valence-electron chi connectivity index (χ1n) is 5.27. The van der Waals surface area contributed by atoms with Gasteiger partial charge in [-0.3, -0.25) is 10.1 Å². The largest absolute Gasteiger partial charge is 0.478 e. The standard InChI is InChI=1S/C13H8ClNO4/c14-9-4-1-3-8(7-9)12-10(13(16)17)5-2-6-11(12)15(18)19/h1-7H,(H,16,17). The Balaban J connectivity index is 2.79. The molecule has 19 heavy (non-hydrogen) atoms. The molecule has 0 aliphatic rings. The zero-order valence-electron chi connectivity index (χ0n) is 9.54. The van der Waals surface area contributed by atoms with Crippen molar-refractivity contribution in [3.63, 3.8) is 0 Å². The summed E-state index contributed by atoms with van der Waals surface area (Å²) < 4.78 is 0. The average molecular weight is 278 g/mol. The molecule has 2 aromatic rings. The normalized spacial score (nSPS) is 10.2. The number of nitrogens with zero attached hydrogens (tertiary/aromatic N) is 1. The second-order valence-corrected chi connectivity index (χ2v) is 4.21. The highest BCUT2D eigenvalue weighted by Gasteiger charge is 2.22. The minimum Gasteiger partial charge on any atom is -0.478 e. The Hall–Kier alpha value is -2.40. The van der Waals surface area contributed by atoms with Crippen LogP contribution >= 0.6 is 11.6 Å². The van der Waals surface area contributed by atoms with Crippen LogP contribution in [-0.2, 0) is 0 Å². The number of carbonyl (C=O) groups is 1. The minimum atomic E-state index is -1.22. The Kier molecular flexibility index (Phi) is 3.48. The predicted octanol–water partition coefficient (Wildman–Crippen LogP) is 3.61. The number of halogens is 1. The molecule has 0 bridgehead atoms. The summed E-state index contributed by atoms with van der Waals surface area (Å²) in [6, 6.07) is 10.2. The van der Waals surface area contributed by atoms with Gasteiger partial charge >= 0.3 is 5.97 Å². The number of nitro groups is 1. The van der Waals surface area contributed by atoms with Gasteiger partial charge in [-0.05, 0) is 23.8 Å². The van der Waals surface area contributed by atoms with Crippen molar-refractivity contribution in [1.29, 1.82) is 0 Å². The molecule has 0 spiro atoms. The van der Waals surface area contributed by atoms with Crippen molar-refractivity contribution in [3.8, 4) is 11.1 Å². The number of carboxylic acids is 1. The van der Waals surface area contributed by atoms with Crippen LogP contribution in [0.5, 0.6) is 0 Å². The molecule has 0 heterocycles. The molecule has 0 radical (unpaired) electrons. The SMILES string of the molecule is O=C(O)c1cccc([N+](=O)[O-])c1-c1cccc(Cl)c1. The molecule has 2 aromatic carbocycles. The maximum Gasteiger partial charge on any atom is 0.336 e. The van der Waals surface area contributed by atoms with Crippen molar-refractivity contribution in [2.45, 2.75) is 0 Å². The van der Waals surface area contributed by atoms with Gasteiger partial charge in [0, 0.05) is 11.1 Å². The van der Waals surface area contributed by atoms with Gasteiger partial charge in [-0.2, -0.15) is 0 Å². The first-order chi connectivity index (χ1) is 9.00. The lowest BCUT2D eigenvalue weighted by atomic mass is 9.98.